The number of rotatable bonds is 4. The average Bonchev–Trinajstić information content (AvgIpc) is 2.27. The van der Waals surface area contributed by atoms with E-state index in [1.165, 1.54) is 11.1 Å². The van der Waals surface area contributed by atoms with Gasteiger partial charge in [-0.25, -0.2) is 0 Å². The molecule has 0 spiro atoms. The molecule has 1 rings (SSSR count). The van der Waals surface area contributed by atoms with Crippen molar-refractivity contribution in [3.8, 4) is 0 Å². The summed E-state index contributed by atoms with van der Waals surface area (Å²) in [6.07, 6.45) is 0.286. The zero-order chi connectivity index (χ0) is 13.9. The number of nitrogens with two attached hydrogens (primary N) is 1. The quantitative estimate of drug-likeness (QED) is 0.861. The van der Waals surface area contributed by atoms with Crippen LogP contribution in [0.15, 0.2) is 24.3 Å². The van der Waals surface area contributed by atoms with Gasteiger partial charge in [-0.05, 0) is 35.8 Å². The van der Waals surface area contributed by atoms with Gasteiger partial charge in [0.25, 0.3) is 0 Å². The molecule has 18 heavy (non-hydrogen) atoms. The van der Waals surface area contributed by atoms with Crippen LogP contribution in [0.5, 0.6) is 0 Å². The highest BCUT2D eigenvalue weighted by Gasteiger charge is 2.17. The van der Waals surface area contributed by atoms with Gasteiger partial charge in [-0.3, -0.25) is 0 Å². The number of aliphatic hydroxyl groups excluding tert-OH is 1. The molecule has 2 heteroatoms. The van der Waals surface area contributed by atoms with E-state index in [-0.39, 0.29) is 11.5 Å². The lowest BCUT2D eigenvalue weighted by Gasteiger charge is -2.22. The van der Waals surface area contributed by atoms with Crippen LogP contribution in [0.25, 0.3) is 0 Å². The van der Waals surface area contributed by atoms with E-state index in [2.05, 4.69) is 52.0 Å². The van der Waals surface area contributed by atoms with Gasteiger partial charge in [0.1, 0.15) is 0 Å². The Bertz CT molecular complexity index is 362. The zero-order valence-electron chi connectivity index (χ0n) is 12.3. The summed E-state index contributed by atoms with van der Waals surface area (Å²) < 4.78 is 0. The van der Waals surface area contributed by atoms with Crippen LogP contribution in [-0.4, -0.2) is 17.3 Å². The second-order valence-corrected chi connectivity index (χ2v) is 6.44. The van der Waals surface area contributed by atoms with Crippen LogP contribution in [0.3, 0.4) is 0 Å². The Labute approximate surface area is 111 Å². The van der Waals surface area contributed by atoms with Gasteiger partial charge >= 0.3 is 0 Å². The van der Waals surface area contributed by atoms with Gasteiger partial charge in [0.05, 0.1) is 6.10 Å². The third kappa shape index (κ3) is 4.11. The number of benzene rings is 1. The highest BCUT2D eigenvalue weighted by atomic mass is 16.3. The van der Waals surface area contributed by atoms with Crippen LogP contribution in [0.4, 0.5) is 0 Å². The van der Waals surface area contributed by atoms with Crippen molar-refractivity contribution in [3.05, 3.63) is 35.4 Å². The lowest BCUT2D eigenvalue weighted by atomic mass is 9.85. The van der Waals surface area contributed by atoms with Crippen LogP contribution >= 0.6 is 0 Å². The summed E-state index contributed by atoms with van der Waals surface area (Å²) in [5.41, 5.74) is 8.49. The van der Waals surface area contributed by atoms with Crippen LogP contribution in [0, 0.1) is 0 Å². The minimum atomic E-state index is -0.428. The molecule has 3 N–H and O–H groups in total. The summed E-state index contributed by atoms with van der Waals surface area (Å²) >= 11 is 0. The first-order valence-corrected chi connectivity index (χ1v) is 6.76. The Morgan fingerprint density at radius 2 is 1.61 bits per heavy atom. The van der Waals surface area contributed by atoms with E-state index in [9.17, 15) is 5.11 Å². The van der Waals surface area contributed by atoms with Crippen molar-refractivity contribution >= 4 is 0 Å². The molecule has 0 saturated carbocycles. The number of hydrogen-bond acceptors (Lipinski definition) is 2. The van der Waals surface area contributed by atoms with Crippen LogP contribution in [-0.2, 0) is 5.41 Å². The van der Waals surface area contributed by atoms with E-state index in [4.69, 9.17) is 5.73 Å². The predicted molar refractivity (Wildman–Crippen MR) is 77.8 cm³/mol. The summed E-state index contributed by atoms with van der Waals surface area (Å²) in [6, 6.07) is 8.54. The minimum Gasteiger partial charge on any atom is -0.392 e. The van der Waals surface area contributed by atoms with Crippen LogP contribution < -0.4 is 5.73 Å². The SMILES string of the molecule is CC(CC(O)C(C)N)c1ccc(C(C)(C)C)cc1. The molecule has 0 saturated heterocycles. The molecule has 0 aromatic heterocycles. The molecule has 1 aromatic rings. The van der Waals surface area contributed by atoms with Crippen molar-refractivity contribution in [1.82, 2.24) is 0 Å². The van der Waals surface area contributed by atoms with Gasteiger partial charge in [-0.15, -0.1) is 0 Å². The molecule has 0 bridgehead atoms. The zero-order valence-corrected chi connectivity index (χ0v) is 12.3. The molecule has 0 radical (unpaired) electrons. The number of aliphatic hydroxyl groups is 1. The molecular formula is C16H27NO. The van der Waals surface area contributed by atoms with E-state index in [1.807, 2.05) is 6.92 Å². The Balaban J connectivity index is 2.73. The van der Waals surface area contributed by atoms with Crippen molar-refractivity contribution < 1.29 is 5.11 Å². The molecule has 1 aromatic carbocycles. The first-order chi connectivity index (χ1) is 8.21. The smallest absolute Gasteiger partial charge is 0.0694 e. The van der Waals surface area contributed by atoms with Crippen molar-refractivity contribution in [2.45, 2.75) is 64.5 Å². The van der Waals surface area contributed by atoms with Gasteiger partial charge in [0, 0.05) is 6.04 Å². The maximum atomic E-state index is 9.82. The van der Waals surface area contributed by atoms with E-state index in [0.29, 0.717) is 12.3 Å². The van der Waals surface area contributed by atoms with E-state index < -0.39 is 6.10 Å². The van der Waals surface area contributed by atoms with Crippen molar-refractivity contribution in [1.29, 1.82) is 0 Å². The van der Waals surface area contributed by atoms with E-state index in [0.717, 1.165) is 0 Å². The molecule has 0 aliphatic heterocycles. The third-order valence-corrected chi connectivity index (χ3v) is 3.55. The normalized spacial score (nSPS) is 17.3. The summed E-state index contributed by atoms with van der Waals surface area (Å²) in [5, 5.41) is 9.82. The van der Waals surface area contributed by atoms with Crippen LogP contribution in [0.2, 0.25) is 0 Å². The Hall–Kier alpha value is -0.860. The lowest BCUT2D eigenvalue weighted by molar-refractivity contribution is 0.134. The summed E-state index contributed by atoms with van der Waals surface area (Å²) in [7, 11) is 0. The topological polar surface area (TPSA) is 46.2 Å². The summed E-state index contributed by atoms with van der Waals surface area (Å²) in [5.74, 6) is 0.333. The van der Waals surface area contributed by atoms with Crippen molar-refractivity contribution in [2.75, 3.05) is 0 Å². The fourth-order valence-corrected chi connectivity index (χ4v) is 2.02. The first kappa shape index (κ1) is 15.2. The molecule has 3 atom stereocenters. The fourth-order valence-electron chi connectivity index (χ4n) is 2.02. The second kappa shape index (κ2) is 5.85. The highest BCUT2D eigenvalue weighted by molar-refractivity contribution is 5.29. The Morgan fingerprint density at radius 3 is 2.00 bits per heavy atom. The summed E-state index contributed by atoms with van der Waals surface area (Å²) in [4.78, 5) is 0. The molecule has 0 aliphatic rings. The Kier molecular flexibility index (Phi) is 4.94. The number of hydrogen-bond donors (Lipinski definition) is 2. The second-order valence-electron chi connectivity index (χ2n) is 6.44. The summed E-state index contributed by atoms with van der Waals surface area (Å²) in [6.45, 7) is 10.6. The van der Waals surface area contributed by atoms with Gasteiger partial charge in [-0.2, -0.15) is 0 Å². The molecule has 0 amide bonds. The van der Waals surface area contributed by atoms with Crippen LogP contribution in [0.1, 0.15) is 58.1 Å². The van der Waals surface area contributed by atoms with Gasteiger partial charge < -0.3 is 10.8 Å². The molecule has 0 fully saturated rings. The maximum absolute atomic E-state index is 9.82. The molecule has 0 aliphatic carbocycles. The molecule has 2 nitrogen and oxygen atoms in total. The predicted octanol–water partition coefficient (Wildman–Crippen LogP) is 3.19. The molecule has 102 valence electrons. The van der Waals surface area contributed by atoms with Gasteiger partial charge in [-0.1, -0.05) is 52.0 Å². The van der Waals surface area contributed by atoms with Crippen molar-refractivity contribution in [3.63, 3.8) is 0 Å². The fraction of sp³-hybridized carbons (Fsp3) is 0.625. The van der Waals surface area contributed by atoms with Gasteiger partial charge in [0.15, 0.2) is 0 Å². The molecular weight excluding hydrogens is 222 g/mol. The highest BCUT2D eigenvalue weighted by Crippen LogP contribution is 2.26. The molecule has 3 unspecified atom stereocenters. The lowest BCUT2D eigenvalue weighted by Crippen LogP contribution is -2.32. The average molecular weight is 249 g/mol. The monoisotopic (exact) mass is 249 g/mol. The standard InChI is InChI=1S/C16H27NO/c1-11(10-15(18)12(2)17)13-6-8-14(9-7-13)16(3,4)5/h6-9,11-12,15,18H,10,17H2,1-5H3. The third-order valence-electron chi connectivity index (χ3n) is 3.55. The van der Waals surface area contributed by atoms with Gasteiger partial charge in [0.2, 0.25) is 0 Å². The maximum Gasteiger partial charge on any atom is 0.0694 e. The van der Waals surface area contributed by atoms with E-state index >= 15 is 0 Å². The largest absolute Gasteiger partial charge is 0.392 e. The van der Waals surface area contributed by atoms with E-state index in [1.54, 1.807) is 0 Å². The Morgan fingerprint density at radius 1 is 1.11 bits per heavy atom. The minimum absolute atomic E-state index is 0.165. The molecule has 0 heterocycles. The first-order valence-electron chi connectivity index (χ1n) is 6.76. The van der Waals surface area contributed by atoms with Crippen molar-refractivity contribution in [2.24, 2.45) is 5.73 Å².